The first-order chi connectivity index (χ1) is 9.74. The molecular formula is C16H17NO3. The highest BCUT2D eigenvalue weighted by molar-refractivity contribution is 5.79. The maximum Gasteiger partial charge on any atom is 0.330 e. The quantitative estimate of drug-likeness (QED) is 0.819. The van der Waals surface area contributed by atoms with Gasteiger partial charge in [-0.05, 0) is 23.3 Å². The molecule has 0 spiro atoms. The molecule has 2 rings (SSSR count). The summed E-state index contributed by atoms with van der Waals surface area (Å²) < 4.78 is 4.61. The second kappa shape index (κ2) is 6.73. The predicted molar refractivity (Wildman–Crippen MR) is 78.4 cm³/mol. The predicted octanol–water partition coefficient (Wildman–Crippen LogP) is 2.30. The maximum absolute atomic E-state index is 11.4. The van der Waals surface area contributed by atoms with Crippen LogP contribution in [0.3, 0.4) is 0 Å². The summed E-state index contributed by atoms with van der Waals surface area (Å²) in [5, 5.41) is 12.1. The first kappa shape index (κ1) is 14.1. The highest BCUT2D eigenvalue weighted by Gasteiger charge is 2.17. The smallest absolute Gasteiger partial charge is 0.330 e. The van der Waals surface area contributed by atoms with Gasteiger partial charge in [0, 0.05) is 5.69 Å². The highest BCUT2D eigenvalue weighted by atomic mass is 16.5. The van der Waals surface area contributed by atoms with E-state index in [1.165, 1.54) is 7.11 Å². The van der Waals surface area contributed by atoms with Crippen molar-refractivity contribution in [3.63, 3.8) is 0 Å². The average Bonchev–Trinajstić information content (AvgIpc) is 2.53. The molecule has 0 heterocycles. The molecular weight excluding hydrogens is 254 g/mol. The van der Waals surface area contributed by atoms with Crippen LogP contribution >= 0.6 is 0 Å². The van der Waals surface area contributed by atoms with Crippen molar-refractivity contribution in [2.45, 2.75) is 6.04 Å². The van der Waals surface area contributed by atoms with Crippen molar-refractivity contribution >= 4 is 11.7 Å². The lowest BCUT2D eigenvalue weighted by Gasteiger charge is -2.15. The van der Waals surface area contributed by atoms with Crippen molar-refractivity contribution in [2.24, 2.45) is 0 Å². The Morgan fingerprint density at radius 2 is 1.70 bits per heavy atom. The van der Waals surface area contributed by atoms with Gasteiger partial charge in [0.25, 0.3) is 0 Å². The lowest BCUT2D eigenvalue weighted by molar-refractivity contribution is -0.142. The minimum Gasteiger partial charge on any atom is -0.467 e. The van der Waals surface area contributed by atoms with Crippen molar-refractivity contribution in [2.75, 3.05) is 19.0 Å². The normalized spacial score (nSPS) is 11.7. The number of hydrogen-bond donors (Lipinski definition) is 2. The number of aliphatic hydroxyl groups is 1. The fourth-order valence-corrected chi connectivity index (χ4v) is 1.91. The van der Waals surface area contributed by atoms with Gasteiger partial charge in [0.2, 0.25) is 0 Å². The summed E-state index contributed by atoms with van der Waals surface area (Å²) in [7, 11) is 1.30. The molecule has 0 saturated heterocycles. The van der Waals surface area contributed by atoms with Gasteiger partial charge in [-0.25, -0.2) is 4.79 Å². The Morgan fingerprint density at radius 3 is 2.25 bits per heavy atom. The van der Waals surface area contributed by atoms with Crippen LogP contribution in [0.25, 0.3) is 11.1 Å². The van der Waals surface area contributed by atoms with Crippen molar-refractivity contribution in [3.8, 4) is 11.1 Å². The molecule has 4 heteroatoms. The summed E-state index contributed by atoms with van der Waals surface area (Å²) in [6.07, 6.45) is 0. The van der Waals surface area contributed by atoms with E-state index in [1.807, 2.05) is 54.6 Å². The minimum atomic E-state index is -0.748. The van der Waals surface area contributed by atoms with Crippen molar-refractivity contribution in [1.29, 1.82) is 0 Å². The van der Waals surface area contributed by atoms with Crippen LogP contribution in [0.4, 0.5) is 5.69 Å². The summed E-state index contributed by atoms with van der Waals surface area (Å²) in [5.74, 6) is -0.486. The Kier molecular flexibility index (Phi) is 4.74. The monoisotopic (exact) mass is 271 g/mol. The standard InChI is InChI=1S/C16H17NO3/c1-20-16(19)15(11-18)17-14-9-7-13(8-10-14)12-5-3-2-4-6-12/h2-10,15,17-18H,11H2,1H3/t15-/m0/s1. The molecule has 20 heavy (non-hydrogen) atoms. The summed E-state index contributed by atoms with van der Waals surface area (Å²) in [6.45, 7) is -0.312. The van der Waals surface area contributed by atoms with Crippen molar-refractivity contribution < 1.29 is 14.6 Å². The molecule has 0 fully saturated rings. The van der Waals surface area contributed by atoms with Gasteiger partial charge in [0.15, 0.2) is 0 Å². The van der Waals surface area contributed by atoms with E-state index in [0.29, 0.717) is 0 Å². The molecule has 0 bridgehead atoms. The Bertz CT molecular complexity index is 552. The van der Waals surface area contributed by atoms with Gasteiger partial charge in [0.1, 0.15) is 6.04 Å². The van der Waals surface area contributed by atoms with Crippen molar-refractivity contribution in [1.82, 2.24) is 0 Å². The second-order valence-electron chi connectivity index (χ2n) is 4.35. The van der Waals surface area contributed by atoms with Crippen LogP contribution in [-0.4, -0.2) is 30.8 Å². The molecule has 0 aliphatic rings. The van der Waals surface area contributed by atoms with E-state index >= 15 is 0 Å². The first-order valence-corrected chi connectivity index (χ1v) is 6.35. The summed E-state index contributed by atoms with van der Waals surface area (Å²) in [6, 6.07) is 16.9. The van der Waals surface area contributed by atoms with E-state index in [4.69, 9.17) is 5.11 Å². The fourth-order valence-electron chi connectivity index (χ4n) is 1.91. The van der Waals surface area contributed by atoms with Gasteiger partial charge in [-0.1, -0.05) is 42.5 Å². The number of carbonyl (C=O) groups excluding carboxylic acids is 1. The Labute approximate surface area is 118 Å². The number of carbonyl (C=O) groups is 1. The molecule has 0 saturated carbocycles. The number of aliphatic hydroxyl groups excluding tert-OH is 1. The third-order valence-corrected chi connectivity index (χ3v) is 3.00. The van der Waals surface area contributed by atoms with E-state index in [1.54, 1.807) is 0 Å². The van der Waals surface area contributed by atoms with Gasteiger partial charge < -0.3 is 15.2 Å². The third-order valence-electron chi connectivity index (χ3n) is 3.00. The lowest BCUT2D eigenvalue weighted by atomic mass is 10.1. The van der Waals surface area contributed by atoms with E-state index in [-0.39, 0.29) is 6.61 Å². The Hall–Kier alpha value is -2.33. The number of methoxy groups -OCH3 is 1. The molecule has 0 radical (unpaired) electrons. The van der Waals surface area contributed by atoms with E-state index in [9.17, 15) is 4.79 Å². The van der Waals surface area contributed by atoms with E-state index < -0.39 is 12.0 Å². The van der Waals surface area contributed by atoms with Crippen LogP contribution in [0.1, 0.15) is 0 Å². The van der Waals surface area contributed by atoms with Crippen LogP contribution in [-0.2, 0) is 9.53 Å². The molecule has 2 N–H and O–H groups in total. The van der Waals surface area contributed by atoms with Crippen LogP contribution in [0.5, 0.6) is 0 Å². The SMILES string of the molecule is COC(=O)[C@H](CO)Nc1ccc(-c2ccccc2)cc1. The summed E-state index contributed by atoms with van der Waals surface area (Å²) >= 11 is 0. The molecule has 104 valence electrons. The third kappa shape index (κ3) is 3.36. The van der Waals surface area contributed by atoms with Gasteiger partial charge in [-0.3, -0.25) is 0 Å². The molecule has 0 aromatic heterocycles. The van der Waals surface area contributed by atoms with Crippen LogP contribution in [0, 0.1) is 0 Å². The number of anilines is 1. The van der Waals surface area contributed by atoms with Crippen LogP contribution in [0.15, 0.2) is 54.6 Å². The number of ether oxygens (including phenoxy) is 1. The zero-order valence-corrected chi connectivity index (χ0v) is 11.2. The number of nitrogens with one attached hydrogen (secondary N) is 1. The number of hydrogen-bond acceptors (Lipinski definition) is 4. The lowest BCUT2D eigenvalue weighted by Crippen LogP contribution is -2.33. The van der Waals surface area contributed by atoms with Crippen LogP contribution in [0.2, 0.25) is 0 Å². The molecule has 2 aromatic rings. The van der Waals surface area contributed by atoms with Crippen LogP contribution < -0.4 is 5.32 Å². The molecule has 2 aromatic carbocycles. The minimum absolute atomic E-state index is 0.312. The molecule has 1 atom stereocenters. The maximum atomic E-state index is 11.4. The molecule has 0 aliphatic carbocycles. The van der Waals surface area contributed by atoms with Gasteiger partial charge in [-0.2, -0.15) is 0 Å². The van der Waals surface area contributed by atoms with E-state index in [2.05, 4.69) is 10.1 Å². The fraction of sp³-hybridized carbons (Fsp3) is 0.188. The first-order valence-electron chi connectivity index (χ1n) is 6.35. The molecule has 0 amide bonds. The summed E-state index contributed by atoms with van der Waals surface area (Å²) in [4.78, 5) is 11.4. The average molecular weight is 271 g/mol. The molecule has 4 nitrogen and oxygen atoms in total. The number of rotatable bonds is 5. The van der Waals surface area contributed by atoms with Gasteiger partial charge >= 0.3 is 5.97 Å². The Balaban J connectivity index is 2.10. The largest absolute Gasteiger partial charge is 0.467 e. The molecule has 0 aliphatic heterocycles. The number of esters is 1. The zero-order valence-electron chi connectivity index (χ0n) is 11.2. The van der Waals surface area contributed by atoms with Gasteiger partial charge in [0.05, 0.1) is 13.7 Å². The Morgan fingerprint density at radius 1 is 1.10 bits per heavy atom. The number of benzene rings is 2. The van der Waals surface area contributed by atoms with Gasteiger partial charge in [-0.15, -0.1) is 0 Å². The topological polar surface area (TPSA) is 58.6 Å². The van der Waals surface area contributed by atoms with E-state index in [0.717, 1.165) is 16.8 Å². The van der Waals surface area contributed by atoms with Crippen molar-refractivity contribution in [3.05, 3.63) is 54.6 Å². The highest BCUT2D eigenvalue weighted by Crippen LogP contribution is 2.21. The molecule has 0 unspecified atom stereocenters. The zero-order chi connectivity index (χ0) is 14.4. The summed E-state index contributed by atoms with van der Waals surface area (Å²) in [5.41, 5.74) is 2.98. The second-order valence-corrected chi connectivity index (χ2v) is 4.35.